The first-order chi connectivity index (χ1) is 16.9. The number of amides is 3. The van der Waals surface area contributed by atoms with Gasteiger partial charge in [0.1, 0.15) is 17.8 Å². The molecule has 0 aliphatic rings. The van der Waals surface area contributed by atoms with Crippen molar-refractivity contribution in [2.24, 2.45) is 0 Å². The minimum absolute atomic E-state index is 0.00481. The van der Waals surface area contributed by atoms with E-state index in [9.17, 15) is 24.6 Å². The molecule has 2 rings (SSSR count). The summed E-state index contributed by atoms with van der Waals surface area (Å²) >= 11 is 0. The van der Waals surface area contributed by atoms with Gasteiger partial charge in [0.2, 0.25) is 0 Å². The number of benzene rings is 2. The van der Waals surface area contributed by atoms with Crippen molar-refractivity contribution in [3.05, 3.63) is 71.8 Å². The quantitative estimate of drug-likeness (QED) is 0.332. The predicted molar refractivity (Wildman–Crippen MR) is 132 cm³/mol. The van der Waals surface area contributed by atoms with E-state index in [-0.39, 0.29) is 13.0 Å². The van der Waals surface area contributed by atoms with E-state index in [1.54, 1.807) is 45.0 Å². The molecule has 2 aromatic rings. The van der Waals surface area contributed by atoms with Crippen molar-refractivity contribution in [1.29, 1.82) is 0 Å². The molecule has 0 saturated heterocycles. The number of hydrazine groups is 1. The number of carbonyl (C=O) groups excluding carboxylic acids is 3. The zero-order chi connectivity index (χ0) is 26.8. The van der Waals surface area contributed by atoms with Crippen molar-refractivity contribution in [3.63, 3.8) is 0 Å². The average molecular weight is 502 g/mol. The van der Waals surface area contributed by atoms with Crippen molar-refractivity contribution in [2.75, 3.05) is 0 Å². The van der Waals surface area contributed by atoms with Crippen LogP contribution in [0, 0.1) is 0 Å². The maximum Gasteiger partial charge on any atom is 0.426 e. The number of aliphatic hydroxyl groups is 2. The molecule has 0 bridgehead atoms. The Bertz CT molecular complexity index is 992. The van der Waals surface area contributed by atoms with Crippen LogP contribution in [-0.4, -0.2) is 51.7 Å². The lowest BCUT2D eigenvalue weighted by Gasteiger charge is -2.31. The maximum atomic E-state index is 12.5. The van der Waals surface area contributed by atoms with Gasteiger partial charge >= 0.3 is 12.2 Å². The number of alkyl carbamates (subject to hydrolysis) is 1. The van der Waals surface area contributed by atoms with Crippen molar-refractivity contribution >= 4 is 18.1 Å². The average Bonchev–Trinajstić information content (AvgIpc) is 2.80. The molecule has 3 atom stereocenters. The molecule has 0 radical (unpaired) electrons. The normalized spacial score (nSPS) is 14.5. The van der Waals surface area contributed by atoms with Crippen molar-refractivity contribution in [2.45, 2.75) is 70.5 Å². The standard InChI is InChI=1S/C26H35N3O7/c1-25(2,3)36-23(32)27-20(15-18-11-7-5-8-12-18)21(30)16-26(4,34)22(31)28-29-24(33)35-17-19-13-9-6-10-14-19/h5-14,20-21,30,34H,15-17H2,1-4H3,(H,27,32)(H,28,31)(H,29,33)/t20-,21-,26-/m0/s1. The topological polar surface area (TPSA) is 146 Å². The van der Waals surface area contributed by atoms with E-state index in [1.165, 1.54) is 6.92 Å². The number of rotatable bonds is 9. The van der Waals surface area contributed by atoms with Gasteiger partial charge in [-0.15, -0.1) is 0 Å². The van der Waals surface area contributed by atoms with Crippen LogP contribution < -0.4 is 16.2 Å². The summed E-state index contributed by atoms with van der Waals surface area (Å²) in [5.74, 6) is -0.964. The Kier molecular flexibility index (Phi) is 10.2. The van der Waals surface area contributed by atoms with E-state index in [2.05, 4.69) is 16.2 Å². The molecule has 0 aliphatic heterocycles. The highest BCUT2D eigenvalue weighted by molar-refractivity contribution is 5.86. The van der Waals surface area contributed by atoms with Crippen molar-refractivity contribution < 1.29 is 34.1 Å². The summed E-state index contributed by atoms with van der Waals surface area (Å²) in [6.07, 6.45) is -3.20. The number of hydrogen-bond acceptors (Lipinski definition) is 7. The fraction of sp³-hybridized carbons (Fsp3) is 0.423. The van der Waals surface area contributed by atoms with Gasteiger partial charge in [0.15, 0.2) is 0 Å². The van der Waals surface area contributed by atoms with E-state index < -0.39 is 47.9 Å². The Balaban J connectivity index is 1.96. The van der Waals surface area contributed by atoms with Crippen LogP contribution in [0.2, 0.25) is 0 Å². The molecule has 196 valence electrons. The monoisotopic (exact) mass is 501 g/mol. The SMILES string of the molecule is CC(C)(C)OC(=O)N[C@@H](Cc1ccccc1)[C@@H](O)C[C@](C)(O)C(=O)NNC(=O)OCc1ccccc1. The highest BCUT2D eigenvalue weighted by Crippen LogP contribution is 2.18. The summed E-state index contributed by atoms with van der Waals surface area (Å²) in [5.41, 5.74) is 2.90. The van der Waals surface area contributed by atoms with Crippen molar-refractivity contribution in [3.8, 4) is 0 Å². The Morgan fingerprint density at radius 2 is 1.42 bits per heavy atom. The number of carbonyl (C=O) groups is 3. The van der Waals surface area contributed by atoms with Gasteiger partial charge < -0.3 is 25.0 Å². The highest BCUT2D eigenvalue weighted by atomic mass is 16.6. The van der Waals surface area contributed by atoms with Crippen LogP contribution in [0.4, 0.5) is 9.59 Å². The number of aliphatic hydroxyl groups excluding tert-OH is 1. The molecule has 5 N–H and O–H groups in total. The molecular weight excluding hydrogens is 466 g/mol. The predicted octanol–water partition coefficient (Wildman–Crippen LogP) is 2.58. The minimum atomic E-state index is -2.09. The van der Waals surface area contributed by atoms with Gasteiger partial charge in [-0.1, -0.05) is 60.7 Å². The summed E-state index contributed by atoms with van der Waals surface area (Å²) in [6.45, 7) is 6.32. The van der Waals surface area contributed by atoms with Gasteiger partial charge in [0.25, 0.3) is 5.91 Å². The summed E-state index contributed by atoms with van der Waals surface area (Å²) in [4.78, 5) is 36.7. The van der Waals surface area contributed by atoms with Gasteiger partial charge in [0, 0.05) is 6.42 Å². The largest absolute Gasteiger partial charge is 0.444 e. The third-order valence-corrected chi connectivity index (χ3v) is 5.05. The van der Waals surface area contributed by atoms with Crippen LogP contribution in [0.25, 0.3) is 0 Å². The van der Waals surface area contributed by atoms with Crippen LogP contribution in [0.5, 0.6) is 0 Å². The third kappa shape index (κ3) is 10.3. The van der Waals surface area contributed by atoms with Gasteiger partial charge in [-0.2, -0.15) is 0 Å². The van der Waals surface area contributed by atoms with Gasteiger partial charge in [-0.25, -0.2) is 15.0 Å². The molecule has 36 heavy (non-hydrogen) atoms. The Hall–Kier alpha value is -3.63. The van der Waals surface area contributed by atoms with Crippen molar-refractivity contribution in [1.82, 2.24) is 16.2 Å². The summed E-state index contributed by atoms with van der Waals surface area (Å²) in [5, 5.41) is 24.2. The summed E-state index contributed by atoms with van der Waals surface area (Å²) in [7, 11) is 0. The van der Waals surface area contributed by atoms with Gasteiger partial charge in [-0.05, 0) is 45.2 Å². The summed E-state index contributed by atoms with van der Waals surface area (Å²) in [6, 6.07) is 17.2. The molecule has 0 aromatic heterocycles. The second-order valence-electron chi connectivity index (χ2n) is 9.63. The molecule has 0 saturated carbocycles. The second kappa shape index (κ2) is 12.9. The van der Waals surface area contributed by atoms with E-state index in [4.69, 9.17) is 9.47 Å². The zero-order valence-electron chi connectivity index (χ0n) is 21.0. The molecule has 0 fully saturated rings. The molecule has 0 unspecified atom stereocenters. The Morgan fingerprint density at radius 3 is 1.97 bits per heavy atom. The second-order valence-corrected chi connectivity index (χ2v) is 9.63. The molecule has 10 heteroatoms. The molecule has 0 spiro atoms. The van der Waals surface area contributed by atoms with Gasteiger partial charge in [-0.3, -0.25) is 10.2 Å². The Labute approximate surface area is 211 Å². The van der Waals surface area contributed by atoms with E-state index in [1.807, 2.05) is 36.4 Å². The molecule has 0 aliphatic carbocycles. The lowest BCUT2D eigenvalue weighted by molar-refractivity contribution is -0.142. The molecule has 10 nitrogen and oxygen atoms in total. The van der Waals surface area contributed by atoms with E-state index >= 15 is 0 Å². The zero-order valence-corrected chi connectivity index (χ0v) is 21.0. The maximum absolute atomic E-state index is 12.5. The van der Waals surface area contributed by atoms with Crippen LogP contribution in [0.3, 0.4) is 0 Å². The smallest absolute Gasteiger partial charge is 0.426 e. The number of nitrogens with one attached hydrogen (secondary N) is 3. The fourth-order valence-electron chi connectivity index (χ4n) is 3.25. The van der Waals surface area contributed by atoms with E-state index in [0.29, 0.717) is 0 Å². The fourth-order valence-corrected chi connectivity index (χ4v) is 3.25. The third-order valence-electron chi connectivity index (χ3n) is 5.05. The number of ether oxygens (including phenoxy) is 2. The highest BCUT2D eigenvalue weighted by Gasteiger charge is 2.37. The summed E-state index contributed by atoms with van der Waals surface area (Å²) < 4.78 is 10.3. The van der Waals surface area contributed by atoms with Crippen LogP contribution in [0.1, 0.15) is 45.2 Å². The lowest BCUT2D eigenvalue weighted by atomic mass is 9.91. The van der Waals surface area contributed by atoms with Crippen LogP contribution in [-0.2, 0) is 27.3 Å². The minimum Gasteiger partial charge on any atom is -0.444 e. The van der Waals surface area contributed by atoms with Crippen LogP contribution >= 0.6 is 0 Å². The van der Waals surface area contributed by atoms with Crippen LogP contribution in [0.15, 0.2) is 60.7 Å². The lowest BCUT2D eigenvalue weighted by Crippen LogP contribution is -2.55. The molecule has 0 heterocycles. The first-order valence-electron chi connectivity index (χ1n) is 11.6. The van der Waals surface area contributed by atoms with Gasteiger partial charge in [0.05, 0.1) is 12.1 Å². The number of hydrogen-bond donors (Lipinski definition) is 5. The molecular formula is C26H35N3O7. The van der Waals surface area contributed by atoms with E-state index in [0.717, 1.165) is 11.1 Å². The Morgan fingerprint density at radius 1 is 0.861 bits per heavy atom. The molecule has 3 amide bonds. The first-order valence-corrected chi connectivity index (χ1v) is 11.6. The first kappa shape index (κ1) is 28.6. The molecule has 2 aromatic carbocycles.